The molecule has 1 saturated heterocycles. The van der Waals surface area contributed by atoms with Crippen LogP contribution in [0.15, 0.2) is 54.9 Å². The number of benzene rings is 2. The van der Waals surface area contributed by atoms with Crippen molar-refractivity contribution < 1.29 is 4.79 Å². The fourth-order valence-electron chi connectivity index (χ4n) is 4.30. The average molecular weight is 474 g/mol. The Balaban J connectivity index is 1.51. The Bertz CT molecular complexity index is 1160. The van der Waals surface area contributed by atoms with Crippen molar-refractivity contribution in [2.45, 2.75) is 32.7 Å². The molecule has 3 aromatic rings. The number of nitrogens with one attached hydrogen (secondary N) is 3. The van der Waals surface area contributed by atoms with E-state index >= 15 is 0 Å². The van der Waals surface area contributed by atoms with Crippen molar-refractivity contribution in [1.82, 2.24) is 15.3 Å². The van der Waals surface area contributed by atoms with Gasteiger partial charge >= 0.3 is 0 Å². The highest BCUT2D eigenvalue weighted by molar-refractivity contribution is 6.05. The highest BCUT2D eigenvalue weighted by atomic mass is 16.1. The molecule has 1 amide bonds. The largest absolute Gasteiger partial charge is 0.378 e. The van der Waals surface area contributed by atoms with Gasteiger partial charge in [-0.25, -0.2) is 9.97 Å². The van der Waals surface area contributed by atoms with E-state index in [1.807, 2.05) is 74.4 Å². The van der Waals surface area contributed by atoms with Crippen molar-refractivity contribution >= 4 is 34.6 Å². The molecule has 1 aromatic heterocycles. The van der Waals surface area contributed by atoms with E-state index in [1.165, 1.54) is 0 Å². The second kappa shape index (κ2) is 11.2. The minimum Gasteiger partial charge on any atom is -0.378 e. The number of aromatic nitrogens is 2. The standard InChI is InChI=1S/C27H35N7O/c1-5-13-34(23-11-12-28-17-23)26-16-25(29-18-30-26)32-24-15-21(10-9-19(24)2)31-27(35)20-7-6-8-22(14-20)33(3)4/h6-10,14-16,18,23,28H,5,11-13,17H2,1-4H3,(H,31,35)(H,29,30,32). The molecule has 3 N–H and O–H groups in total. The van der Waals surface area contributed by atoms with Crippen LogP contribution in [0.2, 0.25) is 0 Å². The van der Waals surface area contributed by atoms with Crippen molar-refractivity contribution in [3.05, 3.63) is 66.0 Å². The highest BCUT2D eigenvalue weighted by Crippen LogP contribution is 2.26. The summed E-state index contributed by atoms with van der Waals surface area (Å²) in [6, 6.07) is 15.9. The molecule has 1 atom stereocenters. The van der Waals surface area contributed by atoms with E-state index in [4.69, 9.17) is 0 Å². The molecule has 0 bridgehead atoms. The van der Waals surface area contributed by atoms with E-state index in [0.717, 1.165) is 66.7 Å². The highest BCUT2D eigenvalue weighted by Gasteiger charge is 2.23. The van der Waals surface area contributed by atoms with E-state index in [-0.39, 0.29) is 5.91 Å². The van der Waals surface area contributed by atoms with Gasteiger partial charge in [-0.3, -0.25) is 4.79 Å². The zero-order chi connectivity index (χ0) is 24.8. The van der Waals surface area contributed by atoms with Crippen molar-refractivity contribution in [3.63, 3.8) is 0 Å². The van der Waals surface area contributed by atoms with Gasteiger partial charge in [0.2, 0.25) is 0 Å². The molecular formula is C27H35N7O. The summed E-state index contributed by atoms with van der Waals surface area (Å²) in [6.07, 6.45) is 3.79. The zero-order valence-electron chi connectivity index (χ0n) is 21.0. The van der Waals surface area contributed by atoms with Gasteiger partial charge in [-0.05, 0) is 62.2 Å². The molecular weight excluding hydrogens is 438 g/mol. The first-order chi connectivity index (χ1) is 16.9. The third-order valence-electron chi connectivity index (χ3n) is 6.27. The Hall–Kier alpha value is -3.65. The maximum atomic E-state index is 12.9. The van der Waals surface area contributed by atoms with Gasteiger partial charge in [-0.1, -0.05) is 19.1 Å². The Morgan fingerprint density at radius 3 is 2.74 bits per heavy atom. The fourth-order valence-corrected chi connectivity index (χ4v) is 4.30. The van der Waals surface area contributed by atoms with E-state index in [0.29, 0.717) is 11.6 Å². The molecule has 184 valence electrons. The predicted molar refractivity (Wildman–Crippen MR) is 144 cm³/mol. The maximum absolute atomic E-state index is 12.9. The van der Waals surface area contributed by atoms with Crippen molar-refractivity contribution in [3.8, 4) is 0 Å². The van der Waals surface area contributed by atoms with Crippen LogP contribution in [0.3, 0.4) is 0 Å². The van der Waals surface area contributed by atoms with Crippen LogP contribution in [-0.2, 0) is 0 Å². The van der Waals surface area contributed by atoms with E-state index in [1.54, 1.807) is 6.33 Å². The molecule has 0 saturated carbocycles. The number of aryl methyl sites for hydroxylation is 1. The van der Waals surface area contributed by atoms with Gasteiger partial charge in [0.25, 0.3) is 5.91 Å². The summed E-state index contributed by atoms with van der Waals surface area (Å²) >= 11 is 0. The van der Waals surface area contributed by atoms with Crippen molar-refractivity contribution in [1.29, 1.82) is 0 Å². The van der Waals surface area contributed by atoms with Crippen molar-refractivity contribution in [2.75, 3.05) is 54.2 Å². The molecule has 4 rings (SSSR count). The summed E-state index contributed by atoms with van der Waals surface area (Å²) in [4.78, 5) is 26.2. The fraction of sp³-hybridized carbons (Fsp3) is 0.370. The molecule has 1 unspecified atom stereocenters. The van der Waals surface area contributed by atoms with Crippen LogP contribution < -0.4 is 25.8 Å². The minimum atomic E-state index is -0.145. The molecule has 35 heavy (non-hydrogen) atoms. The van der Waals surface area contributed by atoms with Gasteiger partial charge in [-0.15, -0.1) is 0 Å². The molecule has 0 aliphatic carbocycles. The summed E-state index contributed by atoms with van der Waals surface area (Å²) in [5.41, 5.74) is 4.26. The number of anilines is 5. The number of hydrogen-bond acceptors (Lipinski definition) is 7. The number of carbonyl (C=O) groups excluding carboxylic acids is 1. The second-order valence-electron chi connectivity index (χ2n) is 9.16. The predicted octanol–water partition coefficient (Wildman–Crippen LogP) is 4.43. The van der Waals surface area contributed by atoms with Gasteiger partial charge in [-0.2, -0.15) is 0 Å². The van der Waals surface area contributed by atoms with E-state index in [9.17, 15) is 4.79 Å². The Kier molecular flexibility index (Phi) is 7.82. The normalized spacial score (nSPS) is 15.0. The number of hydrogen-bond donors (Lipinski definition) is 3. The molecule has 0 radical (unpaired) electrons. The Labute approximate surface area is 207 Å². The number of amides is 1. The molecule has 2 heterocycles. The van der Waals surface area contributed by atoms with Gasteiger partial charge in [0.1, 0.15) is 18.0 Å². The first kappa shape index (κ1) is 24.5. The van der Waals surface area contributed by atoms with Gasteiger partial charge in [0.15, 0.2) is 0 Å². The van der Waals surface area contributed by atoms with Crippen molar-refractivity contribution in [2.24, 2.45) is 0 Å². The van der Waals surface area contributed by atoms with E-state index < -0.39 is 0 Å². The van der Waals surface area contributed by atoms with Crippen LogP contribution in [0.25, 0.3) is 0 Å². The van der Waals surface area contributed by atoms with Crippen LogP contribution in [0.5, 0.6) is 0 Å². The summed E-state index contributed by atoms with van der Waals surface area (Å²) in [5.74, 6) is 1.52. The topological polar surface area (TPSA) is 85.4 Å². The smallest absolute Gasteiger partial charge is 0.255 e. The van der Waals surface area contributed by atoms with Crippen LogP contribution in [0, 0.1) is 6.92 Å². The van der Waals surface area contributed by atoms with Crippen LogP contribution in [0.1, 0.15) is 35.7 Å². The minimum absolute atomic E-state index is 0.145. The first-order valence-electron chi connectivity index (χ1n) is 12.2. The molecule has 1 aliphatic rings. The van der Waals surface area contributed by atoms with Gasteiger partial charge in [0.05, 0.1) is 0 Å². The SMILES string of the molecule is CCCN(c1cc(Nc2cc(NC(=O)c3cccc(N(C)C)c3)ccc2C)ncn1)C1CCNC1. The average Bonchev–Trinajstić information content (AvgIpc) is 3.39. The van der Waals surface area contributed by atoms with E-state index in [2.05, 4.69) is 37.7 Å². The molecule has 1 fully saturated rings. The van der Waals surface area contributed by atoms with Gasteiger partial charge in [0, 0.05) is 61.9 Å². The lowest BCUT2D eigenvalue weighted by molar-refractivity contribution is 0.102. The lowest BCUT2D eigenvalue weighted by atomic mass is 10.1. The molecule has 2 aromatic carbocycles. The third-order valence-corrected chi connectivity index (χ3v) is 6.27. The summed E-state index contributed by atoms with van der Waals surface area (Å²) in [7, 11) is 3.92. The molecule has 1 aliphatic heterocycles. The van der Waals surface area contributed by atoms with Crippen LogP contribution >= 0.6 is 0 Å². The first-order valence-corrected chi connectivity index (χ1v) is 12.2. The Morgan fingerprint density at radius 2 is 2.00 bits per heavy atom. The third kappa shape index (κ3) is 6.08. The number of carbonyl (C=O) groups is 1. The summed E-state index contributed by atoms with van der Waals surface area (Å²) in [6.45, 7) is 7.20. The van der Waals surface area contributed by atoms with Crippen LogP contribution in [0.4, 0.5) is 28.7 Å². The number of nitrogens with zero attached hydrogens (tertiary/aromatic N) is 4. The lowest BCUT2D eigenvalue weighted by Crippen LogP contribution is -2.38. The van der Waals surface area contributed by atoms with Gasteiger partial charge < -0.3 is 25.8 Å². The summed E-state index contributed by atoms with van der Waals surface area (Å²) in [5, 5.41) is 9.89. The molecule has 0 spiro atoms. The maximum Gasteiger partial charge on any atom is 0.255 e. The second-order valence-corrected chi connectivity index (χ2v) is 9.16. The Morgan fingerprint density at radius 1 is 1.14 bits per heavy atom. The number of rotatable bonds is 9. The molecule has 8 heteroatoms. The monoisotopic (exact) mass is 473 g/mol. The van der Waals surface area contributed by atoms with Crippen LogP contribution in [-0.4, -0.2) is 55.6 Å². The lowest BCUT2D eigenvalue weighted by Gasteiger charge is -2.29. The summed E-state index contributed by atoms with van der Waals surface area (Å²) < 4.78 is 0. The quantitative estimate of drug-likeness (QED) is 0.424. The molecule has 8 nitrogen and oxygen atoms in total. The zero-order valence-corrected chi connectivity index (χ0v) is 21.0.